The van der Waals surface area contributed by atoms with Crippen molar-refractivity contribution in [3.05, 3.63) is 35.9 Å². The lowest BCUT2D eigenvalue weighted by Gasteiger charge is -2.48. The largest absolute Gasteiger partial charge is 0.458 e. The Kier molecular flexibility index (Phi) is 14.2. The Bertz CT molecular complexity index is 1540. The van der Waals surface area contributed by atoms with Crippen LogP contribution in [0.5, 0.6) is 0 Å². The number of nitrogens with two attached hydrogens (primary N) is 1. The van der Waals surface area contributed by atoms with Crippen LogP contribution in [0.15, 0.2) is 30.3 Å². The van der Waals surface area contributed by atoms with Gasteiger partial charge in [-0.05, 0) is 73.2 Å². The highest BCUT2D eigenvalue weighted by molar-refractivity contribution is 5.89. The SMILES string of the molecule is CC[C@H]1OC(=O)[C@H](C)[C@@H](O)[C@H](C)[C@@H](OC2O[C@H](C)C[C@H](N(C)C)[C@H]2OC(=O)c2ccccc2)[C@](C)(OC(N)=O)C[C@@H](C)C(=O)C(C)C2C(OC)C(=O)O[C@@]21C. The van der Waals surface area contributed by atoms with E-state index in [4.69, 9.17) is 38.9 Å². The number of carbonyl (C=O) groups excluding carboxylic acids is 5. The second-order valence-electron chi connectivity index (χ2n) is 16.2. The van der Waals surface area contributed by atoms with Gasteiger partial charge in [-0.15, -0.1) is 0 Å². The fraction of sp³-hybridized carbons (Fsp3) is 0.725. The summed E-state index contributed by atoms with van der Waals surface area (Å²) in [5.41, 5.74) is 2.79. The van der Waals surface area contributed by atoms with Crippen LogP contribution in [0.4, 0.5) is 4.79 Å². The second-order valence-corrected chi connectivity index (χ2v) is 16.2. The summed E-state index contributed by atoms with van der Waals surface area (Å²) in [5.74, 6) is -7.26. The van der Waals surface area contributed by atoms with Crippen molar-refractivity contribution in [2.75, 3.05) is 21.2 Å². The molecule has 15 heteroatoms. The number of nitrogens with zero attached hydrogens (tertiary/aromatic N) is 1. The maximum atomic E-state index is 14.5. The first-order chi connectivity index (χ1) is 25.7. The number of fused-ring (bicyclic) bond motifs is 1. The number of hydrogen-bond acceptors (Lipinski definition) is 14. The molecule has 0 spiro atoms. The van der Waals surface area contributed by atoms with Crippen LogP contribution in [0.2, 0.25) is 0 Å². The highest BCUT2D eigenvalue weighted by Gasteiger charge is 2.62. The smallest absolute Gasteiger partial charge is 0.405 e. The average Bonchev–Trinajstić information content (AvgIpc) is 3.40. The van der Waals surface area contributed by atoms with Gasteiger partial charge in [-0.2, -0.15) is 0 Å². The van der Waals surface area contributed by atoms with E-state index in [0.29, 0.717) is 12.0 Å². The van der Waals surface area contributed by atoms with Crippen molar-refractivity contribution in [3.63, 3.8) is 0 Å². The molecule has 3 aliphatic rings. The summed E-state index contributed by atoms with van der Waals surface area (Å²) >= 11 is 0. The van der Waals surface area contributed by atoms with E-state index in [1.807, 2.05) is 25.9 Å². The minimum Gasteiger partial charge on any atom is -0.458 e. The molecule has 15 nitrogen and oxygen atoms in total. The average molecular weight is 777 g/mol. The summed E-state index contributed by atoms with van der Waals surface area (Å²) in [6, 6.07) is 8.04. The summed E-state index contributed by atoms with van der Waals surface area (Å²) in [6.07, 6.45) is -8.29. The van der Waals surface area contributed by atoms with E-state index in [1.165, 1.54) is 21.0 Å². The predicted octanol–water partition coefficient (Wildman–Crippen LogP) is 3.66. The van der Waals surface area contributed by atoms with Gasteiger partial charge in [0.1, 0.15) is 23.6 Å². The maximum Gasteiger partial charge on any atom is 0.405 e. The molecule has 4 unspecified atom stereocenters. The molecule has 3 aliphatic heterocycles. The third-order valence-electron chi connectivity index (χ3n) is 11.9. The number of hydrogen-bond donors (Lipinski definition) is 2. The number of benzene rings is 1. The number of ether oxygens (including phenoxy) is 7. The Morgan fingerprint density at radius 3 is 2.20 bits per heavy atom. The van der Waals surface area contributed by atoms with Crippen molar-refractivity contribution in [3.8, 4) is 0 Å². The van der Waals surface area contributed by atoms with Crippen LogP contribution in [0.1, 0.15) is 85.0 Å². The monoisotopic (exact) mass is 776 g/mol. The third-order valence-corrected chi connectivity index (χ3v) is 11.9. The molecular weight excluding hydrogens is 716 g/mol. The number of ketones is 1. The second kappa shape index (κ2) is 17.7. The molecule has 15 atom stereocenters. The van der Waals surface area contributed by atoms with Crippen LogP contribution >= 0.6 is 0 Å². The minimum atomic E-state index is -1.75. The van der Waals surface area contributed by atoms with Crippen LogP contribution in [0.3, 0.4) is 0 Å². The van der Waals surface area contributed by atoms with Crippen LogP contribution in [0.25, 0.3) is 0 Å². The van der Waals surface area contributed by atoms with E-state index in [1.54, 1.807) is 65.0 Å². The maximum absolute atomic E-state index is 14.5. The summed E-state index contributed by atoms with van der Waals surface area (Å²) in [4.78, 5) is 69.7. The lowest BCUT2D eigenvalue weighted by Crippen LogP contribution is -2.61. The van der Waals surface area contributed by atoms with E-state index in [2.05, 4.69) is 0 Å². The quantitative estimate of drug-likeness (QED) is 0.286. The van der Waals surface area contributed by atoms with Gasteiger partial charge in [-0.1, -0.05) is 45.9 Å². The Morgan fingerprint density at radius 1 is 1.00 bits per heavy atom. The highest BCUT2D eigenvalue weighted by Crippen LogP contribution is 2.46. The number of Topliss-reactive ketones (excluding diaryl/α,β-unsaturated/α-hetero) is 1. The van der Waals surface area contributed by atoms with Crippen molar-refractivity contribution in [1.82, 2.24) is 4.90 Å². The van der Waals surface area contributed by atoms with Crippen LogP contribution < -0.4 is 5.73 Å². The van der Waals surface area contributed by atoms with Gasteiger partial charge < -0.3 is 48.9 Å². The molecule has 55 heavy (non-hydrogen) atoms. The van der Waals surface area contributed by atoms with Gasteiger partial charge in [0.2, 0.25) is 0 Å². The zero-order valence-corrected chi connectivity index (χ0v) is 33.9. The lowest BCUT2D eigenvalue weighted by atomic mass is 9.69. The molecule has 0 aliphatic carbocycles. The summed E-state index contributed by atoms with van der Waals surface area (Å²) in [5, 5.41) is 12.0. The van der Waals surface area contributed by atoms with Gasteiger partial charge in [0.25, 0.3) is 0 Å². The van der Waals surface area contributed by atoms with Crippen molar-refractivity contribution in [2.45, 2.75) is 135 Å². The Hall–Kier alpha value is -3.63. The zero-order chi connectivity index (χ0) is 41.2. The molecule has 3 heterocycles. The van der Waals surface area contributed by atoms with E-state index < -0.39 is 114 Å². The zero-order valence-electron chi connectivity index (χ0n) is 33.9. The van der Waals surface area contributed by atoms with Crippen LogP contribution in [-0.4, -0.2) is 121 Å². The molecule has 3 fully saturated rings. The first kappa shape index (κ1) is 44.1. The molecule has 0 radical (unpaired) electrons. The molecule has 1 aromatic carbocycles. The number of methoxy groups -OCH3 is 1. The fourth-order valence-electron chi connectivity index (χ4n) is 8.98. The summed E-state index contributed by atoms with van der Waals surface area (Å²) < 4.78 is 42.6. The molecule has 3 N–H and O–H groups in total. The standard InChI is InChI=1S/C40H60N2O13/c1-12-27-40(8)28(32(49-11)36(47)54-40)22(4)29(43)20(2)19-39(7,55-38(41)48)33(23(5)30(44)24(6)34(45)51-27)53-37-31(26(42(9)10)18-21(3)50-37)52-35(46)25-16-14-13-15-17-25/h13-17,20-24,26-28,30-33,37,44H,12,18-19H2,1-11H3,(H2,41,48)/t20-,21-,22?,23+,24-,26+,27-,28?,30+,31-,32?,33-,37?,39-,40-/m1/s1. The predicted molar refractivity (Wildman–Crippen MR) is 197 cm³/mol. The molecule has 3 saturated heterocycles. The Labute approximate surface area is 323 Å². The molecular formula is C40H60N2O13. The number of aliphatic hydroxyl groups is 1. The van der Waals surface area contributed by atoms with E-state index in [9.17, 15) is 29.1 Å². The van der Waals surface area contributed by atoms with Crippen LogP contribution in [0, 0.1) is 29.6 Å². The van der Waals surface area contributed by atoms with Crippen molar-refractivity contribution < 1.29 is 62.2 Å². The minimum absolute atomic E-state index is 0.166. The number of cyclic esters (lactones) is 1. The van der Waals surface area contributed by atoms with Gasteiger partial charge in [-0.3, -0.25) is 9.59 Å². The molecule has 308 valence electrons. The van der Waals surface area contributed by atoms with Crippen molar-refractivity contribution >= 4 is 29.8 Å². The van der Waals surface area contributed by atoms with E-state index in [0.717, 1.165) is 0 Å². The normalized spacial score (nSPS) is 40.4. The Balaban J connectivity index is 1.85. The van der Waals surface area contributed by atoms with Gasteiger partial charge >= 0.3 is 24.0 Å². The first-order valence-electron chi connectivity index (χ1n) is 19.1. The van der Waals surface area contributed by atoms with Crippen molar-refractivity contribution in [2.24, 2.45) is 35.3 Å². The number of rotatable bonds is 8. The number of esters is 3. The molecule has 1 aromatic rings. The molecule has 0 bridgehead atoms. The summed E-state index contributed by atoms with van der Waals surface area (Å²) in [7, 11) is 5.02. The van der Waals surface area contributed by atoms with Crippen LogP contribution in [-0.2, 0) is 47.5 Å². The first-order valence-corrected chi connectivity index (χ1v) is 19.1. The highest BCUT2D eigenvalue weighted by atomic mass is 16.7. The van der Waals surface area contributed by atoms with E-state index in [-0.39, 0.29) is 18.6 Å². The molecule has 0 saturated carbocycles. The Morgan fingerprint density at radius 2 is 1.64 bits per heavy atom. The number of likely N-dealkylation sites (N-methyl/N-ethyl adjacent to an activating group) is 1. The molecule has 4 rings (SSSR count). The van der Waals surface area contributed by atoms with Crippen molar-refractivity contribution in [1.29, 1.82) is 0 Å². The topological polar surface area (TPSA) is 199 Å². The van der Waals surface area contributed by atoms with Gasteiger partial charge in [-0.25, -0.2) is 14.4 Å². The van der Waals surface area contributed by atoms with Gasteiger partial charge in [0, 0.05) is 30.8 Å². The number of primary amides is 1. The molecule has 1 amide bonds. The van der Waals surface area contributed by atoms with Gasteiger partial charge in [0.05, 0.1) is 29.7 Å². The number of aliphatic hydroxyl groups excluding tert-OH is 1. The van der Waals surface area contributed by atoms with E-state index >= 15 is 0 Å². The number of carbonyl (C=O) groups is 5. The summed E-state index contributed by atoms with van der Waals surface area (Å²) in [6.45, 7) is 13.2. The molecule has 0 aromatic heterocycles. The third kappa shape index (κ3) is 9.17. The lowest BCUT2D eigenvalue weighted by molar-refractivity contribution is -0.297. The van der Waals surface area contributed by atoms with Gasteiger partial charge in [0.15, 0.2) is 24.1 Å². The fourth-order valence-corrected chi connectivity index (χ4v) is 8.98. The number of amides is 1.